The van der Waals surface area contributed by atoms with Crippen molar-refractivity contribution in [2.24, 2.45) is 0 Å². The lowest BCUT2D eigenvalue weighted by Crippen LogP contribution is -2.02. The number of pyridine rings is 2. The summed E-state index contributed by atoms with van der Waals surface area (Å²) in [4.78, 5) is 9.73. The van der Waals surface area contributed by atoms with Crippen LogP contribution < -0.4 is 14.2 Å². The summed E-state index contributed by atoms with van der Waals surface area (Å²) in [5.74, 6) is 2.54. The number of hydrogen-bond acceptors (Lipinski definition) is 8. The van der Waals surface area contributed by atoms with E-state index in [4.69, 9.17) is 24.2 Å². The fourth-order valence-corrected chi connectivity index (χ4v) is 4.21. The van der Waals surface area contributed by atoms with Gasteiger partial charge in [-0.05, 0) is 41.6 Å². The van der Waals surface area contributed by atoms with Crippen molar-refractivity contribution in [2.45, 2.75) is 32.8 Å². The summed E-state index contributed by atoms with van der Waals surface area (Å²) in [5, 5.41) is 17.0. The summed E-state index contributed by atoms with van der Waals surface area (Å²) in [6.07, 6.45) is 4.46. The number of methoxy groups -OCH3 is 2. The Bertz CT molecular complexity index is 1470. The number of ether oxygens (including phenoxy) is 3. The van der Waals surface area contributed by atoms with E-state index < -0.39 is 0 Å². The van der Waals surface area contributed by atoms with E-state index in [0.717, 1.165) is 51.5 Å². The van der Waals surface area contributed by atoms with Crippen LogP contribution >= 0.6 is 0 Å². The van der Waals surface area contributed by atoms with Crippen molar-refractivity contribution in [3.05, 3.63) is 71.4 Å². The Kier molecular flexibility index (Phi) is 6.38. The Labute approximate surface area is 202 Å². The van der Waals surface area contributed by atoms with Crippen molar-refractivity contribution in [3.63, 3.8) is 0 Å². The van der Waals surface area contributed by atoms with Crippen molar-refractivity contribution >= 4 is 21.7 Å². The normalized spacial score (nSPS) is 11.2. The van der Waals surface area contributed by atoms with Gasteiger partial charge in [-0.25, -0.2) is 4.98 Å². The second-order valence-corrected chi connectivity index (χ2v) is 8.16. The number of rotatable bonds is 9. The van der Waals surface area contributed by atoms with E-state index in [0.29, 0.717) is 29.5 Å². The van der Waals surface area contributed by atoms with Gasteiger partial charge in [-0.2, -0.15) is 5.21 Å². The molecule has 2 aromatic carbocycles. The van der Waals surface area contributed by atoms with Crippen LogP contribution in [0.3, 0.4) is 0 Å². The molecule has 0 aliphatic heterocycles. The number of aromatic nitrogens is 6. The van der Waals surface area contributed by atoms with Crippen LogP contribution in [0.15, 0.2) is 48.7 Å². The first-order valence-electron chi connectivity index (χ1n) is 11.5. The molecule has 0 amide bonds. The predicted octanol–water partition coefficient (Wildman–Crippen LogP) is 4.44. The Morgan fingerprint density at radius 3 is 2.51 bits per heavy atom. The van der Waals surface area contributed by atoms with Gasteiger partial charge in [0.1, 0.15) is 11.3 Å². The Hall–Kier alpha value is -4.27. The van der Waals surface area contributed by atoms with Gasteiger partial charge in [-0.15, -0.1) is 10.2 Å². The smallest absolute Gasteiger partial charge is 0.211 e. The van der Waals surface area contributed by atoms with Gasteiger partial charge >= 0.3 is 0 Å². The zero-order chi connectivity index (χ0) is 24.2. The Morgan fingerprint density at radius 1 is 0.943 bits per heavy atom. The lowest BCUT2D eigenvalue weighted by molar-refractivity contribution is 0.299. The summed E-state index contributed by atoms with van der Waals surface area (Å²) < 4.78 is 17.1. The van der Waals surface area contributed by atoms with E-state index in [-0.39, 0.29) is 6.61 Å². The van der Waals surface area contributed by atoms with Crippen LogP contribution in [0.2, 0.25) is 0 Å². The van der Waals surface area contributed by atoms with Crippen molar-refractivity contribution in [1.82, 2.24) is 30.6 Å². The molecule has 0 spiro atoms. The lowest BCUT2D eigenvalue weighted by atomic mass is 9.99. The molecule has 0 radical (unpaired) electrons. The van der Waals surface area contributed by atoms with E-state index in [1.165, 1.54) is 0 Å². The molecule has 0 saturated heterocycles. The minimum atomic E-state index is 0.205. The van der Waals surface area contributed by atoms with Gasteiger partial charge in [0, 0.05) is 34.8 Å². The number of fused-ring (bicyclic) bond motifs is 2. The highest BCUT2D eigenvalue weighted by atomic mass is 16.5. The fraction of sp³-hybridized carbons (Fsp3) is 0.269. The molecule has 178 valence electrons. The highest BCUT2D eigenvalue weighted by Crippen LogP contribution is 2.36. The molecule has 35 heavy (non-hydrogen) atoms. The zero-order valence-corrected chi connectivity index (χ0v) is 19.9. The van der Waals surface area contributed by atoms with Crippen LogP contribution in [0.25, 0.3) is 21.7 Å². The molecule has 9 heteroatoms. The first-order chi connectivity index (χ1) is 17.2. The molecular weight excluding hydrogens is 444 g/mol. The van der Waals surface area contributed by atoms with E-state index in [2.05, 4.69) is 33.6 Å². The van der Waals surface area contributed by atoms with Crippen molar-refractivity contribution in [3.8, 4) is 17.2 Å². The quantitative estimate of drug-likeness (QED) is 0.337. The average molecular weight is 471 g/mol. The van der Waals surface area contributed by atoms with Gasteiger partial charge in [0.2, 0.25) is 5.82 Å². The number of H-pyrrole nitrogens is 1. The van der Waals surface area contributed by atoms with E-state index >= 15 is 0 Å². The van der Waals surface area contributed by atoms with Crippen LogP contribution in [-0.2, 0) is 19.4 Å². The second kappa shape index (κ2) is 9.92. The molecule has 3 heterocycles. The molecule has 1 N–H and O–H groups in total. The number of tetrazole rings is 1. The predicted molar refractivity (Wildman–Crippen MR) is 132 cm³/mol. The maximum Gasteiger partial charge on any atom is 0.211 e. The molecule has 0 bridgehead atoms. The highest BCUT2D eigenvalue weighted by Gasteiger charge is 2.15. The molecule has 5 aromatic rings. The van der Waals surface area contributed by atoms with Crippen LogP contribution in [0, 0.1) is 0 Å². The monoisotopic (exact) mass is 470 g/mol. The van der Waals surface area contributed by atoms with E-state index in [1.807, 2.05) is 42.6 Å². The summed E-state index contributed by atoms with van der Waals surface area (Å²) in [7, 11) is 3.30. The summed E-state index contributed by atoms with van der Waals surface area (Å²) in [5.41, 5.74) is 3.82. The first kappa shape index (κ1) is 22.5. The third-order valence-corrected chi connectivity index (χ3v) is 5.90. The third kappa shape index (κ3) is 4.57. The topological polar surface area (TPSA) is 108 Å². The minimum absolute atomic E-state index is 0.205. The Morgan fingerprint density at radius 2 is 1.77 bits per heavy atom. The maximum atomic E-state index is 5.95. The van der Waals surface area contributed by atoms with Gasteiger partial charge in [0.25, 0.3) is 0 Å². The Balaban J connectivity index is 1.53. The molecule has 9 nitrogen and oxygen atoms in total. The molecule has 3 aromatic heterocycles. The van der Waals surface area contributed by atoms with Crippen LogP contribution in [0.5, 0.6) is 17.2 Å². The number of nitrogens with zero attached hydrogens (tertiary/aromatic N) is 5. The van der Waals surface area contributed by atoms with E-state index in [9.17, 15) is 0 Å². The molecule has 0 aliphatic rings. The van der Waals surface area contributed by atoms with Gasteiger partial charge < -0.3 is 14.2 Å². The summed E-state index contributed by atoms with van der Waals surface area (Å²) in [6.45, 7) is 2.36. The van der Waals surface area contributed by atoms with Crippen LogP contribution in [0.1, 0.15) is 36.1 Å². The first-order valence-corrected chi connectivity index (χ1v) is 11.5. The van der Waals surface area contributed by atoms with Crippen molar-refractivity contribution in [1.29, 1.82) is 0 Å². The van der Waals surface area contributed by atoms with E-state index in [1.54, 1.807) is 14.2 Å². The molecular formula is C26H26N6O3. The number of aromatic amines is 1. The third-order valence-electron chi connectivity index (χ3n) is 5.90. The maximum absolute atomic E-state index is 5.95. The number of para-hydroxylation sites is 1. The average Bonchev–Trinajstić information content (AvgIpc) is 3.42. The molecule has 0 atom stereocenters. The zero-order valence-electron chi connectivity index (χ0n) is 19.9. The molecule has 0 fully saturated rings. The molecule has 0 saturated carbocycles. The number of benzene rings is 2. The largest absolute Gasteiger partial charge is 0.493 e. The SMILES string of the molecule is CCCc1ncc(Cc2ccc3cccc(OCc4nn[nH]n4)c3n2)c2cc(OC)c(OC)cc12. The molecule has 5 rings (SSSR count). The standard InChI is InChI=1S/C26H26N6O3/c1-4-6-21-20-13-24(34-3)23(33-2)12-19(20)17(14-27-21)11-18-10-9-16-7-5-8-22(26(16)28-18)35-15-25-29-31-32-30-25/h5,7-10,12-14H,4,6,11,15H2,1-3H3,(H,29,30,31,32). The lowest BCUT2D eigenvalue weighted by Gasteiger charge is -2.15. The van der Waals surface area contributed by atoms with Gasteiger partial charge in [-0.3, -0.25) is 4.98 Å². The van der Waals surface area contributed by atoms with Crippen LogP contribution in [0.4, 0.5) is 0 Å². The molecule has 0 aliphatic carbocycles. The summed E-state index contributed by atoms with van der Waals surface area (Å²) in [6, 6.07) is 14.0. The van der Waals surface area contributed by atoms with Gasteiger partial charge in [0.05, 0.1) is 14.2 Å². The number of hydrogen-bond donors (Lipinski definition) is 1. The van der Waals surface area contributed by atoms with Crippen LogP contribution in [-0.4, -0.2) is 44.8 Å². The molecule has 0 unspecified atom stereocenters. The van der Waals surface area contributed by atoms with Crippen molar-refractivity contribution < 1.29 is 14.2 Å². The second-order valence-electron chi connectivity index (χ2n) is 8.16. The van der Waals surface area contributed by atoms with Crippen molar-refractivity contribution in [2.75, 3.05) is 14.2 Å². The minimum Gasteiger partial charge on any atom is -0.493 e. The highest BCUT2D eigenvalue weighted by molar-refractivity contribution is 5.91. The van der Waals surface area contributed by atoms with Gasteiger partial charge in [-0.1, -0.05) is 36.8 Å². The number of aryl methyl sites for hydroxylation is 1. The number of nitrogens with one attached hydrogen (secondary N) is 1. The van der Waals surface area contributed by atoms with Gasteiger partial charge in [0.15, 0.2) is 18.1 Å². The fourth-order valence-electron chi connectivity index (χ4n) is 4.21. The summed E-state index contributed by atoms with van der Waals surface area (Å²) >= 11 is 0.